The van der Waals surface area contributed by atoms with Crippen LogP contribution < -0.4 is 11.2 Å². The number of aromatic nitrogens is 4. The average molecular weight is 260 g/mol. The second kappa shape index (κ2) is 4.17. The number of hydrogen-bond acceptors (Lipinski definition) is 3. The molecule has 6 nitrogen and oxygen atoms in total. The molecule has 2 aromatic rings. The molecule has 2 aromatic heterocycles. The van der Waals surface area contributed by atoms with E-state index in [0.717, 1.165) is 16.7 Å². The SMILES string of the molecule is O=c1ccn(Cc2cc(C(F)(F)F)n[nH]2)c(=O)[nH]1. The second-order valence-corrected chi connectivity index (χ2v) is 3.51. The molecule has 0 unspecified atom stereocenters. The average Bonchev–Trinajstić information content (AvgIpc) is 2.70. The van der Waals surface area contributed by atoms with Gasteiger partial charge in [0.25, 0.3) is 5.56 Å². The molecule has 9 heteroatoms. The first-order valence-electron chi connectivity index (χ1n) is 4.77. The van der Waals surface area contributed by atoms with Crippen molar-refractivity contribution < 1.29 is 13.2 Å². The van der Waals surface area contributed by atoms with Crippen LogP contribution in [0, 0.1) is 0 Å². The predicted octanol–water partition coefficient (Wildman–Crippen LogP) is 0.327. The summed E-state index contributed by atoms with van der Waals surface area (Å²) in [5.41, 5.74) is -2.23. The minimum atomic E-state index is -4.54. The maximum absolute atomic E-state index is 12.3. The standard InChI is InChI=1S/C9H7F3N4O2/c10-9(11,12)6-3-5(14-15-6)4-16-2-1-7(17)13-8(16)18/h1-3H,4H2,(H,14,15)(H,13,17,18). The van der Waals surface area contributed by atoms with E-state index in [2.05, 4.69) is 10.2 Å². The molecule has 0 saturated heterocycles. The van der Waals surface area contributed by atoms with Gasteiger partial charge in [0.15, 0.2) is 5.69 Å². The number of alkyl halides is 3. The first kappa shape index (κ1) is 12.1. The fraction of sp³-hybridized carbons (Fsp3) is 0.222. The smallest absolute Gasteiger partial charge is 0.295 e. The molecule has 0 aliphatic heterocycles. The van der Waals surface area contributed by atoms with Crippen LogP contribution in [-0.4, -0.2) is 19.7 Å². The predicted molar refractivity (Wildman–Crippen MR) is 54.0 cm³/mol. The summed E-state index contributed by atoms with van der Waals surface area (Å²) in [5.74, 6) is 0. The molecular weight excluding hydrogens is 253 g/mol. The Balaban J connectivity index is 2.27. The van der Waals surface area contributed by atoms with E-state index in [-0.39, 0.29) is 12.2 Å². The van der Waals surface area contributed by atoms with E-state index in [4.69, 9.17) is 0 Å². The zero-order valence-corrected chi connectivity index (χ0v) is 8.78. The van der Waals surface area contributed by atoms with Gasteiger partial charge in [-0.1, -0.05) is 0 Å². The van der Waals surface area contributed by atoms with E-state index in [1.54, 1.807) is 0 Å². The molecule has 0 amide bonds. The molecule has 96 valence electrons. The molecule has 0 radical (unpaired) electrons. The quantitative estimate of drug-likeness (QED) is 0.816. The fourth-order valence-electron chi connectivity index (χ4n) is 1.34. The highest BCUT2D eigenvalue weighted by Crippen LogP contribution is 2.27. The van der Waals surface area contributed by atoms with E-state index in [1.165, 1.54) is 6.20 Å². The number of hydrogen-bond donors (Lipinski definition) is 2. The van der Waals surface area contributed by atoms with Crippen molar-refractivity contribution in [1.82, 2.24) is 19.7 Å². The van der Waals surface area contributed by atoms with Crippen LogP contribution in [0.25, 0.3) is 0 Å². The maximum Gasteiger partial charge on any atom is 0.435 e. The van der Waals surface area contributed by atoms with Crippen LogP contribution in [-0.2, 0) is 12.7 Å². The van der Waals surface area contributed by atoms with Crippen molar-refractivity contribution in [2.24, 2.45) is 0 Å². The van der Waals surface area contributed by atoms with Crippen LogP contribution >= 0.6 is 0 Å². The number of halogens is 3. The highest BCUT2D eigenvalue weighted by atomic mass is 19.4. The van der Waals surface area contributed by atoms with E-state index < -0.39 is 23.1 Å². The summed E-state index contributed by atoms with van der Waals surface area (Å²) in [6, 6.07) is 1.90. The van der Waals surface area contributed by atoms with Gasteiger partial charge in [-0.05, 0) is 6.07 Å². The monoisotopic (exact) mass is 260 g/mol. The Hall–Kier alpha value is -2.32. The highest BCUT2D eigenvalue weighted by Gasteiger charge is 2.33. The first-order valence-corrected chi connectivity index (χ1v) is 4.77. The van der Waals surface area contributed by atoms with Crippen molar-refractivity contribution >= 4 is 0 Å². The third kappa shape index (κ3) is 2.50. The molecule has 0 aliphatic carbocycles. The topological polar surface area (TPSA) is 83.5 Å². The number of H-pyrrole nitrogens is 2. The number of aromatic amines is 2. The highest BCUT2D eigenvalue weighted by molar-refractivity contribution is 5.12. The van der Waals surface area contributed by atoms with Crippen LogP contribution in [0.1, 0.15) is 11.4 Å². The molecule has 0 aliphatic rings. The lowest BCUT2D eigenvalue weighted by Gasteiger charge is -2.01. The van der Waals surface area contributed by atoms with Gasteiger partial charge < -0.3 is 0 Å². The zero-order valence-electron chi connectivity index (χ0n) is 8.78. The Labute approximate surface area is 97.1 Å². The van der Waals surface area contributed by atoms with Gasteiger partial charge in [-0.2, -0.15) is 18.3 Å². The molecule has 0 aromatic carbocycles. The Morgan fingerprint density at radius 1 is 1.33 bits per heavy atom. The first-order chi connectivity index (χ1) is 8.36. The number of rotatable bonds is 2. The molecule has 2 heterocycles. The van der Waals surface area contributed by atoms with E-state index >= 15 is 0 Å². The van der Waals surface area contributed by atoms with E-state index in [1.807, 2.05) is 4.98 Å². The van der Waals surface area contributed by atoms with Gasteiger partial charge in [-0.25, -0.2) is 4.79 Å². The Morgan fingerprint density at radius 2 is 2.06 bits per heavy atom. The molecule has 2 rings (SSSR count). The fourth-order valence-corrected chi connectivity index (χ4v) is 1.34. The van der Waals surface area contributed by atoms with Crippen LogP contribution in [0.2, 0.25) is 0 Å². The zero-order chi connectivity index (χ0) is 13.3. The summed E-state index contributed by atoms with van der Waals surface area (Å²) in [7, 11) is 0. The molecule has 0 spiro atoms. The van der Waals surface area contributed by atoms with Crippen molar-refractivity contribution in [2.45, 2.75) is 12.7 Å². The summed E-state index contributed by atoms with van der Waals surface area (Å²) in [4.78, 5) is 24.1. The number of nitrogens with zero attached hydrogens (tertiary/aromatic N) is 2. The Kier molecular flexibility index (Phi) is 2.81. The summed E-state index contributed by atoms with van der Waals surface area (Å²) in [5, 5.41) is 5.27. The lowest BCUT2D eigenvalue weighted by atomic mass is 10.3. The minimum absolute atomic E-state index is 0.108. The normalized spacial score (nSPS) is 11.7. The minimum Gasteiger partial charge on any atom is -0.295 e. The Morgan fingerprint density at radius 3 is 2.61 bits per heavy atom. The third-order valence-electron chi connectivity index (χ3n) is 2.16. The van der Waals surface area contributed by atoms with Gasteiger partial charge in [-0.3, -0.25) is 19.4 Å². The lowest BCUT2D eigenvalue weighted by Crippen LogP contribution is -2.28. The van der Waals surface area contributed by atoms with Crippen LogP contribution in [0.3, 0.4) is 0 Å². The molecule has 0 bridgehead atoms. The largest absolute Gasteiger partial charge is 0.435 e. The van der Waals surface area contributed by atoms with Gasteiger partial charge in [0.05, 0.1) is 12.2 Å². The van der Waals surface area contributed by atoms with Crippen molar-refractivity contribution in [2.75, 3.05) is 0 Å². The van der Waals surface area contributed by atoms with Gasteiger partial charge in [-0.15, -0.1) is 0 Å². The summed E-state index contributed by atoms with van der Waals surface area (Å²) in [6.07, 6.45) is -3.35. The van der Waals surface area contributed by atoms with E-state index in [9.17, 15) is 22.8 Å². The van der Waals surface area contributed by atoms with Crippen molar-refractivity contribution in [3.8, 4) is 0 Å². The lowest BCUT2D eigenvalue weighted by molar-refractivity contribution is -0.141. The molecule has 0 fully saturated rings. The Bertz CT molecular complexity index is 667. The maximum atomic E-state index is 12.3. The van der Waals surface area contributed by atoms with Crippen LogP contribution in [0.15, 0.2) is 27.9 Å². The van der Waals surface area contributed by atoms with Crippen molar-refractivity contribution in [3.63, 3.8) is 0 Å². The molecule has 18 heavy (non-hydrogen) atoms. The van der Waals surface area contributed by atoms with Gasteiger partial charge in [0.2, 0.25) is 0 Å². The number of nitrogens with one attached hydrogen (secondary N) is 2. The van der Waals surface area contributed by atoms with Crippen molar-refractivity contribution in [3.05, 3.63) is 50.6 Å². The molecular formula is C9H7F3N4O2. The van der Waals surface area contributed by atoms with Crippen molar-refractivity contribution in [1.29, 1.82) is 0 Å². The summed E-state index contributed by atoms with van der Waals surface area (Å²) < 4.78 is 37.9. The van der Waals surface area contributed by atoms with Gasteiger partial charge >= 0.3 is 11.9 Å². The van der Waals surface area contributed by atoms with Crippen LogP contribution in [0.4, 0.5) is 13.2 Å². The summed E-state index contributed by atoms with van der Waals surface area (Å²) in [6.45, 7) is -0.140. The van der Waals surface area contributed by atoms with Crippen LogP contribution in [0.5, 0.6) is 0 Å². The van der Waals surface area contributed by atoms with Gasteiger partial charge in [0.1, 0.15) is 0 Å². The van der Waals surface area contributed by atoms with E-state index in [0.29, 0.717) is 0 Å². The molecule has 0 saturated carbocycles. The van der Waals surface area contributed by atoms with Gasteiger partial charge in [0, 0.05) is 12.3 Å². The molecule has 2 N–H and O–H groups in total. The summed E-state index contributed by atoms with van der Waals surface area (Å²) >= 11 is 0. The third-order valence-corrected chi connectivity index (χ3v) is 2.16. The molecule has 0 atom stereocenters. The second-order valence-electron chi connectivity index (χ2n) is 3.51.